The molecule has 1 aromatic rings. The maximum atomic E-state index is 11.7. The maximum absolute atomic E-state index is 11.7. The lowest BCUT2D eigenvalue weighted by Crippen LogP contribution is -2.29. The normalized spacial score (nSPS) is 18.7. The molecule has 0 radical (unpaired) electrons. The average Bonchev–Trinajstić information content (AvgIpc) is 2.83. The second-order valence-electron chi connectivity index (χ2n) is 4.13. The summed E-state index contributed by atoms with van der Waals surface area (Å²) in [6, 6.07) is 5.40. The fourth-order valence-corrected chi connectivity index (χ4v) is 1.90. The molecule has 0 aliphatic carbocycles. The second-order valence-corrected chi connectivity index (χ2v) is 4.13. The van der Waals surface area contributed by atoms with Gasteiger partial charge in [0.25, 0.3) is 0 Å². The molecule has 17 heavy (non-hydrogen) atoms. The van der Waals surface area contributed by atoms with Gasteiger partial charge >= 0.3 is 0 Å². The SMILES string of the molecule is Cl.O=C(CNCC1CCNC1)c1ccccn1. The monoisotopic (exact) mass is 255 g/mol. The standard InChI is InChI=1S/C12H17N3O.ClH/c16-12(11-3-1-2-5-15-11)9-14-8-10-4-6-13-7-10;/h1-3,5,10,13-14H,4,6-9H2;1H. The molecule has 1 aliphatic rings. The lowest BCUT2D eigenvalue weighted by Gasteiger charge is -2.08. The molecule has 0 saturated carbocycles. The van der Waals surface area contributed by atoms with Gasteiger partial charge < -0.3 is 10.6 Å². The van der Waals surface area contributed by atoms with Crippen molar-refractivity contribution in [3.8, 4) is 0 Å². The number of carbonyl (C=O) groups is 1. The van der Waals surface area contributed by atoms with Gasteiger partial charge in [-0.05, 0) is 44.1 Å². The first-order chi connectivity index (χ1) is 7.86. The van der Waals surface area contributed by atoms with Gasteiger partial charge in [0.05, 0.1) is 6.54 Å². The zero-order valence-corrected chi connectivity index (χ0v) is 10.5. The predicted molar refractivity (Wildman–Crippen MR) is 69.7 cm³/mol. The molecule has 2 heterocycles. The first-order valence-electron chi connectivity index (χ1n) is 5.72. The molecule has 5 heteroatoms. The van der Waals surface area contributed by atoms with Crippen LogP contribution in [0.15, 0.2) is 24.4 Å². The van der Waals surface area contributed by atoms with Crippen LogP contribution in [0.4, 0.5) is 0 Å². The minimum atomic E-state index is 0. The molecule has 1 saturated heterocycles. The van der Waals surface area contributed by atoms with Crippen molar-refractivity contribution >= 4 is 18.2 Å². The van der Waals surface area contributed by atoms with Crippen molar-refractivity contribution < 1.29 is 4.79 Å². The van der Waals surface area contributed by atoms with Crippen molar-refractivity contribution in [3.63, 3.8) is 0 Å². The van der Waals surface area contributed by atoms with Gasteiger partial charge in [0.15, 0.2) is 5.78 Å². The van der Waals surface area contributed by atoms with Crippen LogP contribution in [-0.4, -0.2) is 36.9 Å². The number of ketones is 1. The van der Waals surface area contributed by atoms with E-state index in [4.69, 9.17) is 0 Å². The Kier molecular flexibility index (Phi) is 6.11. The largest absolute Gasteiger partial charge is 0.316 e. The number of rotatable bonds is 5. The molecule has 0 bridgehead atoms. The highest BCUT2D eigenvalue weighted by molar-refractivity contribution is 5.95. The Morgan fingerprint density at radius 3 is 3.06 bits per heavy atom. The first-order valence-corrected chi connectivity index (χ1v) is 5.72. The van der Waals surface area contributed by atoms with E-state index in [1.165, 1.54) is 6.42 Å². The number of Topliss-reactive ketones (excluding diaryl/α,β-unsaturated/α-hetero) is 1. The summed E-state index contributed by atoms with van der Waals surface area (Å²) in [7, 11) is 0. The minimum Gasteiger partial charge on any atom is -0.316 e. The summed E-state index contributed by atoms with van der Waals surface area (Å²) < 4.78 is 0. The molecule has 1 unspecified atom stereocenters. The van der Waals surface area contributed by atoms with Gasteiger partial charge in [0.1, 0.15) is 5.69 Å². The van der Waals surface area contributed by atoms with Crippen molar-refractivity contribution in [2.75, 3.05) is 26.2 Å². The predicted octanol–water partition coefficient (Wildman–Crippen LogP) is 0.885. The van der Waals surface area contributed by atoms with Crippen molar-refractivity contribution in [3.05, 3.63) is 30.1 Å². The van der Waals surface area contributed by atoms with Crippen LogP contribution in [0.3, 0.4) is 0 Å². The van der Waals surface area contributed by atoms with Crippen LogP contribution < -0.4 is 10.6 Å². The molecule has 2 rings (SSSR count). The van der Waals surface area contributed by atoms with Crippen LogP contribution in [-0.2, 0) is 0 Å². The van der Waals surface area contributed by atoms with E-state index in [0.717, 1.165) is 19.6 Å². The van der Waals surface area contributed by atoms with E-state index in [0.29, 0.717) is 18.2 Å². The number of hydrogen-bond donors (Lipinski definition) is 2. The number of nitrogens with one attached hydrogen (secondary N) is 2. The van der Waals surface area contributed by atoms with Gasteiger partial charge in [0, 0.05) is 6.20 Å². The molecule has 0 amide bonds. The molecule has 4 nitrogen and oxygen atoms in total. The van der Waals surface area contributed by atoms with Crippen LogP contribution in [0, 0.1) is 5.92 Å². The Balaban J connectivity index is 0.00000144. The Bertz CT molecular complexity index is 339. The second kappa shape index (κ2) is 7.37. The van der Waals surface area contributed by atoms with Crippen molar-refractivity contribution in [2.45, 2.75) is 6.42 Å². The van der Waals surface area contributed by atoms with Crippen molar-refractivity contribution in [1.82, 2.24) is 15.6 Å². The Hall–Kier alpha value is -0.970. The molecule has 2 N–H and O–H groups in total. The lowest BCUT2D eigenvalue weighted by molar-refractivity contribution is 0.0985. The van der Waals surface area contributed by atoms with Crippen LogP contribution in [0.2, 0.25) is 0 Å². The van der Waals surface area contributed by atoms with Crippen LogP contribution in [0.25, 0.3) is 0 Å². The van der Waals surface area contributed by atoms with E-state index >= 15 is 0 Å². The molecule has 1 atom stereocenters. The van der Waals surface area contributed by atoms with E-state index < -0.39 is 0 Å². The number of pyridine rings is 1. The summed E-state index contributed by atoms with van der Waals surface area (Å²) in [5, 5.41) is 6.50. The summed E-state index contributed by atoms with van der Waals surface area (Å²) in [6.07, 6.45) is 2.85. The summed E-state index contributed by atoms with van der Waals surface area (Å²) >= 11 is 0. The number of carbonyl (C=O) groups excluding carboxylic acids is 1. The maximum Gasteiger partial charge on any atom is 0.194 e. The minimum absolute atomic E-state index is 0. The Morgan fingerprint density at radius 2 is 2.41 bits per heavy atom. The molecule has 1 fully saturated rings. The fourth-order valence-electron chi connectivity index (χ4n) is 1.90. The molecule has 94 valence electrons. The number of halogens is 1. The van der Waals surface area contributed by atoms with E-state index in [1.807, 2.05) is 12.1 Å². The van der Waals surface area contributed by atoms with Crippen molar-refractivity contribution in [2.24, 2.45) is 5.92 Å². The first kappa shape index (κ1) is 14.1. The molecule has 1 aliphatic heterocycles. The van der Waals surface area contributed by atoms with E-state index in [1.54, 1.807) is 12.3 Å². The molecule has 1 aromatic heterocycles. The highest BCUT2D eigenvalue weighted by Crippen LogP contribution is 2.05. The third-order valence-electron chi connectivity index (χ3n) is 2.83. The number of aromatic nitrogens is 1. The van der Waals surface area contributed by atoms with Crippen LogP contribution in [0.5, 0.6) is 0 Å². The lowest BCUT2D eigenvalue weighted by atomic mass is 10.1. The highest BCUT2D eigenvalue weighted by Gasteiger charge is 2.14. The number of hydrogen-bond acceptors (Lipinski definition) is 4. The van der Waals surface area contributed by atoms with Crippen LogP contribution in [0.1, 0.15) is 16.9 Å². The van der Waals surface area contributed by atoms with E-state index in [2.05, 4.69) is 15.6 Å². The van der Waals surface area contributed by atoms with E-state index in [-0.39, 0.29) is 18.2 Å². The summed E-state index contributed by atoms with van der Waals surface area (Å²) in [6.45, 7) is 3.45. The van der Waals surface area contributed by atoms with Gasteiger partial charge in [-0.1, -0.05) is 6.07 Å². The summed E-state index contributed by atoms with van der Waals surface area (Å²) in [4.78, 5) is 15.7. The third kappa shape index (κ3) is 4.42. The summed E-state index contributed by atoms with van der Waals surface area (Å²) in [5.41, 5.74) is 0.541. The summed E-state index contributed by atoms with van der Waals surface area (Å²) in [5.74, 6) is 0.725. The quantitative estimate of drug-likeness (QED) is 0.768. The zero-order chi connectivity index (χ0) is 11.2. The third-order valence-corrected chi connectivity index (χ3v) is 2.83. The highest BCUT2D eigenvalue weighted by atomic mass is 35.5. The van der Waals surface area contributed by atoms with Crippen LogP contribution >= 0.6 is 12.4 Å². The van der Waals surface area contributed by atoms with Crippen molar-refractivity contribution in [1.29, 1.82) is 0 Å². The molecular formula is C12H18ClN3O. The van der Waals surface area contributed by atoms with E-state index in [9.17, 15) is 4.79 Å². The zero-order valence-electron chi connectivity index (χ0n) is 9.69. The molecule has 0 spiro atoms. The molecule has 0 aromatic carbocycles. The van der Waals surface area contributed by atoms with Gasteiger partial charge in [0.2, 0.25) is 0 Å². The van der Waals surface area contributed by atoms with Gasteiger partial charge in [-0.2, -0.15) is 0 Å². The van der Waals surface area contributed by atoms with Gasteiger partial charge in [-0.3, -0.25) is 9.78 Å². The Labute approximate surface area is 108 Å². The van der Waals surface area contributed by atoms with Gasteiger partial charge in [-0.25, -0.2) is 0 Å². The number of nitrogens with zero attached hydrogens (tertiary/aromatic N) is 1. The molecular weight excluding hydrogens is 238 g/mol. The smallest absolute Gasteiger partial charge is 0.194 e. The topological polar surface area (TPSA) is 54.0 Å². The Morgan fingerprint density at radius 1 is 1.53 bits per heavy atom. The van der Waals surface area contributed by atoms with Gasteiger partial charge in [-0.15, -0.1) is 12.4 Å². The average molecular weight is 256 g/mol. The fraction of sp³-hybridized carbons (Fsp3) is 0.500.